The second-order valence-corrected chi connectivity index (χ2v) is 5.06. The fraction of sp³-hybridized carbons (Fsp3) is 0.615. The van der Waals surface area contributed by atoms with Gasteiger partial charge in [0.1, 0.15) is 5.82 Å². The van der Waals surface area contributed by atoms with Gasteiger partial charge in [-0.05, 0) is 48.9 Å². The lowest BCUT2D eigenvalue weighted by Gasteiger charge is -2.24. The molecule has 0 saturated heterocycles. The van der Waals surface area contributed by atoms with Crippen molar-refractivity contribution in [2.24, 2.45) is 5.41 Å². The molecule has 0 aliphatic heterocycles. The van der Waals surface area contributed by atoms with E-state index >= 15 is 0 Å². The molecular weight excluding hydrogens is 198 g/mol. The zero-order chi connectivity index (χ0) is 11.6. The zero-order valence-electron chi connectivity index (χ0n) is 10.2. The van der Waals surface area contributed by atoms with E-state index in [1.807, 2.05) is 6.07 Å². The van der Waals surface area contributed by atoms with Crippen LogP contribution in [-0.2, 0) is 6.42 Å². The van der Waals surface area contributed by atoms with Crippen LogP contribution in [0.1, 0.15) is 32.3 Å². The number of nitrogens with two attached hydrogens (primary N) is 1. The minimum absolute atomic E-state index is 0.494. The molecule has 3 heteroatoms. The fourth-order valence-electron chi connectivity index (χ4n) is 2.21. The summed E-state index contributed by atoms with van der Waals surface area (Å²) in [6.07, 6.45) is 5.52. The lowest BCUT2D eigenvalue weighted by atomic mass is 9.92. The Balaban J connectivity index is 2.05. The molecule has 88 valence electrons. The third kappa shape index (κ3) is 2.53. The molecule has 0 bridgehead atoms. The Bertz CT molecular complexity index is 358. The van der Waals surface area contributed by atoms with Crippen molar-refractivity contribution in [3.05, 3.63) is 23.9 Å². The molecule has 0 radical (unpaired) electrons. The van der Waals surface area contributed by atoms with E-state index in [4.69, 9.17) is 5.73 Å². The van der Waals surface area contributed by atoms with Crippen LogP contribution in [0.5, 0.6) is 0 Å². The average Bonchev–Trinajstić information content (AvgIpc) is 2.97. The van der Waals surface area contributed by atoms with Gasteiger partial charge in [-0.15, -0.1) is 0 Å². The van der Waals surface area contributed by atoms with Crippen LogP contribution in [0, 0.1) is 5.41 Å². The van der Waals surface area contributed by atoms with Crippen LogP contribution in [-0.4, -0.2) is 17.6 Å². The third-order valence-electron chi connectivity index (χ3n) is 3.62. The molecule has 16 heavy (non-hydrogen) atoms. The number of aromatic nitrogens is 1. The van der Waals surface area contributed by atoms with E-state index in [1.54, 1.807) is 6.20 Å². The van der Waals surface area contributed by atoms with Gasteiger partial charge in [0.25, 0.3) is 0 Å². The molecule has 1 fully saturated rings. The quantitative estimate of drug-likeness (QED) is 0.796. The summed E-state index contributed by atoms with van der Waals surface area (Å²) < 4.78 is 0. The minimum Gasteiger partial charge on any atom is -0.384 e. The van der Waals surface area contributed by atoms with Crippen LogP contribution < -0.4 is 11.1 Å². The van der Waals surface area contributed by atoms with Gasteiger partial charge in [0.15, 0.2) is 0 Å². The van der Waals surface area contributed by atoms with Crippen molar-refractivity contribution in [1.29, 1.82) is 0 Å². The SMILES string of the molecule is CCNC(Cc1ccnc(N)c1)C1(C)CC1. The third-order valence-corrected chi connectivity index (χ3v) is 3.62. The lowest BCUT2D eigenvalue weighted by Crippen LogP contribution is -2.38. The second kappa shape index (κ2) is 4.42. The van der Waals surface area contributed by atoms with E-state index in [0.717, 1.165) is 13.0 Å². The van der Waals surface area contributed by atoms with Gasteiger partial charge >= 0.3 is 0 Å². The normalized spacial score (nSPS) is 19.4. The number of hydrogen-bond acceptors (Lipinski definition) is 3. The zero-order valence-corrected chi connectivity index (χ0v) is 10.2. The summed E-state index contributed by atoms with van der Waals surface area (Å²) in [6.45, 7) is 5.56. The van der Waals surface area contributed by atoms with Gasteiger partial charge in [0, 0.05) is 12.2 Å². The predicted octanol–water partition coefficient (Wildman–Crippen LogP) is 1.98. The van der Waals surface area contributed by atoms with Crippen molar-refractivity contribution >= 4 is 5.82 Å². The fourth-order valence-corrected chi connectivity index (χ4v) is 2.21. The van der Waals surface area contributed by atoms with Crippen molar-refractivity contribution < 1.29 is 0 Å². The molecule has 1 heterocycles. The van der Waals surface area contributed by atoms with Gasteiger partial charge in [0.05, 0.1) is 0 Å². The van der Waals surface area contributed by atoms with E-state index in [-0.39, 0.29) is 0 Å². The first-order valence-corrected chi connectivity index (χ1v) is 6.08. The van der Waals surface area contributed by atoms with Crippen LogP contribution >= 0.6 is 0 Å². The van der Waals surface area contributed by atoms with E-state index < -0.39 is 0 Å². The van der Waals surface area contributed by atoms with Crippen LogP contribution in [0.15, 0.2) is 18.3 Å². The number of pyridine rings is 1. The van der Waals surface area contributed by atoms with Crippen LogP contribution in [0.4, 0.5) is 5.82 Å². The standard InChI is InChI=1S/C13H21N3/c1-3-15-11(13(2)5-6-13)8-10-4-7-16-12(14)9-10/h4,7,9,11,15H,3,5-6,8H2,1-2H3,(H2,14,16). The molecule has 0 aromatic carbocycles. The highest BCUT2D eigenvalue weighted by Gasteiger charge is 2.44. The summed E-state index contributed by atoms with van der Waals surface area (Å²) in [5.41, 5.74) is 7.48. The molecule has 2 rings (SSSR count). The molecule has 0 spiro atoms. The van der Waals surface area contributed by atoms with Gasteiger partial charge in [0.2, 0.25) is 0 Å². The average molecular weight is 219 g/mol. The molecule has 0 amide bonds. The minimum atomic E-state index is 0.494. The first-order valence-electron chi connectivity index (χ1n) is 6.08. The van der Waals surface area contributed by atoms with E-state index in [9.17, 15) is 0 Å². The van der Waals surface area contributed by atoms with Gasteiger partial charge in [-0.2, -0.15) is 0 Å². The molecule has 3 nitrogen and oxygen atoms in total. The smallest absolute Gasteiger partial charge is 0.123 e. The highest BCUT2D eigenvalue weighted by molar-refractivity contribution is 5.32. The Morgan fingerprint density at radius 3 is 2.88 bits per heavy atom. The van der Waals surface area contributed by atoms with Crippen molar-refractivity contribution in [3.8, 4) is 0 Å². The van der Waals surface area contributed by atoms with Gasteiger partial charge in [-0.25, -0.2) is 4.98 Å². The summed E-state index contributed by atoms with van der Waals surface area (Å²) in [7, 11) is 0. The largest absolute Gasteiger partial charge is 0.384 e. The Kier molecular flexibility index (Phi) is 3.15. The van der Waals surface area contributed by atoms with Gasteiger partial charge in [-0.3, -0.25) is 0 Å². The summed E-state index contributed by atoms with van der Waals surface area (Å²) >= 11 is 0. The Morgan fingerprint density at radius 2 is 2.31 bits per heavy atom. The first kappa shape index (κ1) is 11.4. The van der Waals surface area contributed by atoms with Crippen molar-refractivity contribution in [1.82, 2.24) is 10.3 Å². The molecule has 3 N–H and O–H groups in total. The van der Waals surface area contributed by atoms with Gasteiger partial charge in [-0.1, -0.05) is 13.8 Å². The molecule has 1 aromatic rings. The van der Waals surface area contributed by atoms with Crippen molar-refractivity contribution in [3.63, 3.8) is 0 Å². The van der Waals surface area contributed by atoms with Crippen molar-refractivity contribution in [2.75, 3.05) is 12.3 Å². The second-order valence-electron chi connectivity index (χ2n) is 5.06. The Labute approximate surface area is 97.5 Å². The number of nitrogens with one attached hydrogen (secondary N) is 1. The molecule has 1 aromatic heterocycles. The Hall–Kier alpha value is -1.09. The number of nitrogen functional groups attached to an aromatic ring is 1. The number of likely N-dealkylation sites (N-methyl/N-ethyl adjacent to an activating group) is 1. The Morgan fingerprint density at radius 1 is 1.56 bits per heavy atom. The maximum Gasteiger partial charge on any atom is 0.123 e. The number of hydrogen-bond donors (Lipinski definition) is 2. The van der Waals surface area contributed by atoms with Crippen molar-refractivity contribution in [2.45, 2.75) is 39.2 Å². The van der Waals surface area contributed by atoms with E-state index in [1.165, 1.54) is 18.4 Å². The molecular formula is C13H21N3. The molecule has 1 unspecified atom stereocenters. The molecule has 1 saturated carbocycles. The number of anilines is 1. The molecule has 1 atom stereocenters. The van der Waals surface area contributed by atoms with Crippen LogP contribution in [0.3, 0.4) is 0 Å². The van der Waals surface area contributed by atoms with Gasteiger partial charge < -0.3 is 11.1 Å². The van der Waals surface area contributed by atoms with Crippen LogP contribution in [0.2, 0.25) is 0 Å². The maximum absolute atomic E-state index is 5.70. The number of nitrogens with zero attached hydrogens (tertiary/aromatic N) is 1. The highest BCUT2D eigenvalue weighted by atomic mass is 14.9. The summed E-state index contributed by atoms with van der Waals surface area (Å²) in [5.74, 6) is 0.619. The summed E-state index contributed by atoms with van der Waals surface area (Å²) in [4.78, 5) is 4.03. The summed E-state index contributed by atoms with van der Waals surface area (Å²) in [5, 5.41) is 3.59. The topological polar surface area (TPSA) is 50.9 Å². The molecule has 1 aliphatic carbocycles. The van der Waals surface area contributed by atoms with E-state index in [0.29, 0.717) is 17.3 Å². The number of rotatable bonds is 5. The monoisotopic (exact) mass is 219 g/mol. The highest BCUT2D eigenvalue weighted by Crippen LogP contribution is 2.48. The summed E-state index contributed by atoms with van der Waals surface area (Å²) in [6, 6.07) is 4.61. The first-order chi connectivity index (χ1) is 7.64. The van der Waals surface area contributed by atoms with Crippen LogP contribution in [0.25, 0.3) is 0 Å². The molecule has 1 aliphatic rings. The maximum atomic E-state index is 5.70. The predicted molar refractivity (Wildman–Crippen MR) is 67.2 cm³/mol. The lowest BCUT2D eigenvalue weighted by molar-refractivity contribution is 0.360. The van der Waals surface area contributed by atoms with E-state index in [2.05, 4.69) is 30.2 Å².